The average molecular weight is 626 g/mol. The van der Waals surface area contributed by atoms with E-state index >= 15 is 0 Å². The van der Waals surface area contributed by atoms with Gasteiger partial charge in [-0.05, 0) is 73.6 Å². The number of hydrogen-bond acceptors (Lipinski definition) is 7. The molecule has 2 atom stereocenters. The van der Waals surface area contributed by atoms with Crippen molar-refractivity contribution >= 4 is 11.7 Å². The van der Waals surface area contributed by atoms with Gasteiger partial charge in [-0.2, -0.15) is 18.4 Å². The predicted octanol–water partition coefficient (Wildman–Crippen LogP) is 7.11. The molecule has 0 radical (unpaired) electrons. The van der Waals surface area contributed by atoms with E-state index in [-0.39, 0.29) is 17.8 Å². The number of carbonyl (C=O) groups excluding carboxylic acids is 1. The second-order valence-electron chi connectivity index (χ2n) is 11.2. The minimum atomic E-state index is -4.34. The summed E-state index contributed by atoms with van der Waals surface area (Å²) in [4.78, 5) is 14.2. The van der Waals surface area contributed by atoms with Crippen molar-refractivity contribution in [2.75, 3.05) is 37.8 Å². The third-order valence-electron chi connectivity index (χ3n) is 7.17. The van der Waals surface area contributed by atoms with Crippen LogP contribution in [0.1, 0.15) is 60.7 Å². The first-order valence-electron chi connectivity index (χ1n) is 15.2. The van der Waals surface area contributed by atoms with E-state index in [4.69, 9.17) is 19.9 Å². The highest BCUT2D eigenvalue weighted by molar-refractivity contribution is 5.89. The van der Waals surface area contributed by atoms with Crippen molar-refractivity contribution in [2.24, 2.45) is 11.7 Å². The van der Waals surface area contributed by atoms with Crippen molar-refractivity contribution in [3.8, 4) is 17.6 Å². The first-order chi connectivity index (χ1) is 21.5. The van der Waals surface area contributed by atoms with Crippen LogP contribution in [0, 0.1) is 17.2 Å². The van der Waals surface area contributed by atoms with Gasteiger partial charge in [0.05, 0.1) is 30.0 Å². The molecule has 3 aromatic carbocycles. The second-order valence-corrected chi connectivity index (χ2v) is 11.2. The van der Waals surface area contributed by atoms with Crippen molar-refractivity contribution in [3.63, 3.8) is 0 Å². The molecule has 242 valence electrons. The zero-order chi connectivity index (χ0) is 32.8. The van der Waals surface area contributed by atoms with E-state index in [1.165, 1.54) is 11.6 Å². The first-order valence-corrected chi connectivity index (χ1v) is 15.2. The predicted molar refractivity (Wildman–Crippen MR) is 169 cm³/mol. The monoisotopic (exact) mass is 625 g/mol. The highest BCUT2D eigenvalue weighted by atomic mass is 19.4. The van der Waals surface area contributed by atoms with Crippen molar-refractivity contribution < 1.29 is 32.2 Å². The Kier molecular flexibility index (Phi) is 13.6. The molecule has 0 saturated carbocycles. The molecule has 2 unspecified atom stereocenters. The van der Waals surface area contributed by atoms with Crippen LogP contribution < -0.4 is 20.1 Å². The average Bonchev–Trinajstić information content (AvgIpc) is 3.43. The Morgan fingerprint density at radius 2 is 1.71 bits per heavy atom. The van der Waals surface area contributed by atoms with Gasteiger partial charge < -0.3 is 24.8 Å². The van der Waals surface area contributed by atoms with Crippen LogP contribution in [0.3, 0.4) is 0 Å². The lowest BCUT2D eigenvalue weighted by Gasteiger charge is -2.21. The molecule has 1 heterocycles. The van der Waals surface area contributed by atoms with Crippen LogP contribution in [0.15, 0.2) is 66.7 Å². The van der Waals surface area contributed by atoms with Gasteiger partial charge in [-0.15, -0.1) is 0 Å². The van der Waals surface area contributed by atoms with E-state index in [0.717, 1.165) is 50.0 Å². The standard InChI is InChI=1S/C22H25N3O2.C13H17F3O2/c1-16(24)12-17-13-19-8-10-25(21(19)20(14-17)15-23)9-5-11-27-22(26)18-6-3-2-4-7-18;1-3-10(2)8-17-11-6-4-5-7-12(11)18-9-13(14,15)16/h2-4,6-7,13-14,16H,5,8-12,24H2,1H3;4-7,10H,3,8-9H2,1-2H3. The normalized spacial score (nSPS) is 13.5. The molecule has 0 amide bonds. The molecule has 0 aliphatic carbocycles. The van der Waals surface area contributed by atoms with Gasteiger partial charge in [0.1, 0.15) is 6.07 Å². The van der Waals surface area contributed by atoms with Crippen LogP contribution in [0.25, 0.3) is 0 Å². The number of hydrogen-bond donors (Lipinski definition) is 1. The van der Waals surface area contributed by atoms with E-state index in [0.29, 0.717) is 36.0 Å². The van der Waals surface area contributed by atoms with Gasteiger partial charge in [-0.1, -0.05) is 56.7 Å². The van der Waals surface area contributed by atoms with E-state index in [1.807, 2.05) is 45.0 Å². The molecule has 0 saturated heterocycles. The molecule has 0 spiro atoms. The van der Waals surface area contributed by atoms with Crippen LogP contribution in [-0.2, 0) is 17.6 Å². The maximum Gasteiger partial charge on any atom is 0.422 e. The smallest absolute Gasteiger partial charge is 0.422 e. The van der Waals surface area contributed by atoms with E-state index in [2.05, 4.69) is 17.0 Å². The molecule has 4 rings (SSSR count). The molecule has 0 bridgehead atoms. The van der Waals surface area contributed by atoms with Crippen LogP contribution in [0.2, 0.25) is 0 Å². The van der Waals surface area contributed by atoms with E-state index in [9.17, 15) is 23.2 Å². The van der Waals surface area contributed by atoms with Crippen LogP contribution in [0.4, 0.5) is 18.9 Å². The van der Waals surface area contributed by atoms with Crippen molar-refractivity contribution in [1.29, 1.82) is 5.26 Å². The minimum Gasteiger partial charge on any atom is -0.489 e. The Morgan fingerprint density at radius 1 is 1.04 bits per heavy atom. The number of benzene rings is 3. The lowest BCUT2D eigenvalue weighted by molar-refractivity contribution is -0.153. The molecule has 1 aliphatic rings. The lowest BCUT2D eigenvalue weighted by atomic mass is 9.99. The highest BCUT2D eigenvalue weighted by Gasteiger charge is 2.29. The summed E-state index contributed by atoms with van der Waals surface area (Å²) in [6.45, 7) is 7.18. The van der Waals surface area contributed by atoms with Crippen molar-refractivity contribution in [1.82, 2.24) is 0 Å². The summed E-state index contributed by atoms with van der Waals surface area (Å²) in [5.74, 6) is 0.525. The summed E-state index contributed by atoms with van der Waals surface area (Å²) < 4.78 is 51.8. The molecular formula is C35H42F3N3O4. The summed E-state index contributed by atoms with van der Waals surface area (Å²) in [6, 6.07) is 21.9. The summed E-state index contributed by atoms with van der Waals surface area (Å²) >= 11 is 0. The number of alkyl halides is 3. The quantitative estimate of drug-likeness (QED) is 0.160. The Hall–Kier alpha value is -4.23. The molecule has 7 nitrogen and oxygen atoms in total. The van der Waals surface area contributed by atoms with Crippen molar-refractivity contribution in [3.05, 3.63) is 89.0 Å². The van der Waals surface area contributed by atoms with Gasteiger partial charge in [0.15, 0.2) is 18.1 Å². The maximum atomic E-state index is 12.1. The highest BCUT2D eigenvalue weighted by Crippen LogP contribution is 2.33. The van der Waals surface area contributed by atoms with Gasteiger partial charge >= 0.3 is 12.1 Å². The number of fused-ring (bicyclic) bond motifs is 1. The van der Waals surface area contributed by atoms with Gasteiger partial charge in [-0.3, -0.25) is 0 Å². The first kappa shape index (κ1) is 35.3. The summed E-state index contributed by atoms with van der Waals surface area (Å²) in [5.41, 5.74) is 10.5. The van der Waals surface area contributed by atoms with Crippen LogP contribution >= 0.6 is 0 Å². The number of esters is 1. The fourth-order valence-electron chi connectivity index (χ4n) is 4.77. The Balaban J connectivity index is 0.000000268. The van der Waals surface area contributed by atoms with Crippen molar-refractivity contribution in [2.45, 2.75) is 58.7 Å². The molecule has 0 fully saturated rings. The second kappa shape index (κ2) is 17.3. The number of carbonyl (C=O) groups is 1. The zero-order valence-electron chi connectivity index (χ0n) is 26.1. The third kappa shape index (κ3) is 11.7. The van der Waals surface area contributed by atoms with Gasteiger partial charge in [0, 0.05) is 19.1 Å². The fourth-order valence-corrected chi connectivity index (χ4v) is 4.77. The molecule has 0 aromatic heterocycles. The Bertz CT molecular complexity index is 1410. The zero-order valence-corrected chi connectivity index (χ0v) is 26.1. The summed E-state index contributed by atoms with van der Waals surface area (Å²) in [6.07, 6.45) is -0.960. The fraction of sp³-hybridized carbons (Fsp3) is 0.429. The van der Waals surface area contributed by atoms with Crippen LogP contribution in [0.5, 0.6) is 11.5 Å². The largest absolute Gasteiger partial charge is 0.489 e. The molecule has 2 N–H and O–H groups in total. The number of anilines is 1. The molecule has 3 aromatic rings. The maximum absolute atomic E-state index is 12.1. The Labute approximate surface area is 263 Å². The topological polar surface area (TPSA) is 97.8 Å². The molecule has 45 heavy (non-hydrogen) atoms. The number of nitrogens with two attached hydrogens (primary N) is 1. The number of halogens is 3. The van der Waals surface area contributed by atoms with Gasteiger partial charge in [0.2, 0.25) is 0 Å². The van der Waals surface area contributed by atoms with Crippen LogP contribution in [-0.4, -0.2) is 51.1 Å². The summed E-state index contributed by atoms with van der Waals surface area (Å²) in [5, 5.41) is 9.57. The van der Waals surface area contributed by atoms with Gasteiger partial charge in [-0.25, -0.2) is 4.79 Å². The number of ether oxygens (including phenoxy) is 3. The third-order valence-corrected chi connectivity index (χ3v) is 7.17. The number of nitriles is 1. The molecule has 10 heteroatoms. The SMILES string of the molecule is CC(N)Cc1cc(C#N)c2c(c1)CCN2CCCOC(=O)c1ccccc1.CCC(C)COc1ccccc1OCC(F)(F)F. The molecule has 1 aliphatic heterocycles. The lowest BCUT2D eigenvalue weighted by Crippen LogP contribution is -2.24. The number of rotatable bonds is 13. The number of para-hydroxylation sites is 2. The van der Waals surface area contributed by atoms with E-state index in [1.54, 1.807) is 30.3 Å². The Morgan fingerprint density at radius 3 is 2.33 bits per heavy atom. The van der Waals surface area contributed by atoms with E-state index < -0.39 is 12.8 Å². The van der Waals surface area contributed by atoms with Gasteiger partial charge in [0.25, 0.3) is 0 Å². The number of nitrogens with zero attached hydrogens (tertiary/aromatic N) is 2. The minimum absolute atomic E-state index is 0.0754. The summed E-state index contributed by atoms with van der Waals surface area (Å²) in [7, 11) is 0. The molecular weight excluding hydrogens is 583 g/mol.